The molecule has 0 bridgehead atoms. The van der Waals surface area contributed by atoms with Gasteiger partial charge in [0, 0.05) is 6.07 Å². The first-order chi connectivity index (χ1) is 8.69. The van der Waals surface area contributed by atoms with E-state index in [0.29, 0.717) is 5.75 Å². The van der Waals surface area contributed by atoms with Crippen LogP contribution in [0.5, 0.6) is 11.5 Å². The van der Waals surface area contributed by atoms with Gasteiger partial charge in [-0.05, 0) is 19.1 Å². The third-order valence-electron chi connectivity index (χ3n) is 2.32. The Kier molecular flexibility index (Phi) is 3.62. The number of nitrogens with zero attached hydrogens (tertiary/aromatic N) is 2. The lowest BCUT2D eigenvalue weighted by atomic mass is 10.3. The van der Waals surface area contributed by atoms with Crippen molar-refractivity contribution in [1.82, 2.24) is 9.78 Å². The molecule has 5 heteroatoms. The van der Waals surface area contributed by atoms with Crippen LogP contribution in [0.2, 0.25) is 0 Å². The first kappa shape index (κ1) is 12.2. The lowest BCUT2D eigenvalue weighted by Gasteiger charge is -2.04. The van der Waals surface area contributed by atoms with Crippen molar-refractivity contribution in [2.24, 2.45) is 0 Å². The summed E-state index contributed by atoms with van der Waals surface area (Å²) in [6.45, 7) is 1.54. The highest BCUT2D eigenvalue weighted by molar-refractivity contribution is 5.77. The quantitative estimate of drug-likeness (QED) is 0.808. The fourth-order valence-electron chi connectivity index (χ4n) is 1.46. The van der Waals surface area contributed by atoms with Gasteiger partial charge in [0.05, 0.1) is 25.2 Å². The Morgan fingerprint density at radius 3 is 2.94 bits per heavy atom. The molecule has 2 rings (SSSR count). The fraction of sp³-hybridized carbons (Fsp3) is 0.231. The number of hydrogen-bond acceptors (Lipinski definition) is 4. The Morgan fingerprint density at radius 2 is 2.22 bits per heavy atom. The van der Waals surface area contributed by atoms with E-state index in [1.54, 1.807) is 24.2 Å². The molecule has 1 heterocycles. The summed E-state index contributed by atoms with van der Waals surface area (Å²) in [4.78, 5) is 10.8. The molecule has 0 N–H and O–H groups in total. The van der Waals surface area contributed by atoms with E-state index in [9.17, 15) is 4.79 Å². The molecule has 0 aliphatic carbocycles. The van der Waals surface area contributed by atoms with Gasteiger partial charge >= 0.3 is 0 Å². The normalized spacial score (nSPS) is 10.1. The summed E-state index contributed by atoms with van der Waals surface area (Å²) in [6, 6.07) is 7.51. The molecule has 0 saturated heterocycles. The number of hydrogen-bond donors (Lipinski definition) is 0. The van der Waals surface area contributed by atoms with E-state index in [1.807, 2.05) is 24.3 Å². The Bertz CT molecular complexity index is 549. The highest BCUT2D eigenvalue weighted by atomic mass is 16.5. The average Bonchev–Trinajstić information content (AvgIpc) is 2.85. The maximum atomic E-state index is 10.8. The molecule has 94 valence electrons. The molecule has 0 atom stereocenters. The molecule has 0 fully saturated rings. The molecule has 2 aromatic rings. The number of ether oxygens (including phenoxy) is 2. The molecular weight excluding hydrogens is 232 g/mol. The van der Waals surface area contributed by atoms with Crippen LogP contribution in [0.25, 0.3) is 5.69 Å². The van der Waals surface area contributed by atoms with Gasteiger partial charge in [0.1, 0.15) is 12.4 Å². The maximum absolute atomic E-state index is 10.8. The minimum absolute atomic E-state index is 0.0240. The zero-order valence-corrected chi connectivity index (χ0v) is 10.3. The van der Waals surface area contributed by atoms with Crippen LogP contribution in [0.15, 0.2) is 36.7 Å². The van der Waals surface area contributed by atoms with Crippen LogP contribution >= 0.6 is 0 Å². The first-order valence-corrected chi connectivity index (χ1v) is 5.50. The molecule has 1 aromatic carbocycles. The topological polar surface area (TPSA) is 53.4 Å². The third-order valence-corrected chi connectivity index (χ3v) is 2.32. The lowest BCUT2D eigenvalue weighted by Crippen LogP contribution is -2.05. The van der Waals surface area contributed by atoms with Gasteiger partial charge < -0.3 is 9.47 Å². The van der Waals surface area contributed by atoms with Gasteiger partial charge in [0.25, 0.3) is 0 Å². The first-order valence-electron chi connectivity index (χ1n) is 5.50. The molecule has 0 saturated carbocycles. The van der Waals surface area contributed by atoms with E-state index in [1.165, 1.54) is 6.92 Å². The van der Waals surface area contributed by atoms with Crippen LogP contribution in [0.4, 0.5) is 0 Å². The van der Waals surface area contributed by atoms with E-state index >= 15 is 0 Å². The van der Waals surface area contributed by atoms with Crippen molar-refractivity contribution >= 4 is 5.78 Å². The van der Waals surface area contributed by atoms with Gasteiger partial charge in [-0.3, -0.25) is 4.79 Å². The smallest absolute Gasteiger partial charge is 0.167 e. The third kappa shape index (κ3) is 2.88. The molecule has 18 heavy (non-hydrogen) atoms. The second-order valence-electron chi connectivity index (χ2n) is 3.81. The summed E-state index contributed by atoms with van der Waals surface area (Å²) in [5.74, 6) is 1.30. The number of Topliss-reactive ketones (excluding diaryl/α,β-unsaturated/α-hetero) is 1. The van der Waals surface area contributed by atoms with E-state index in [2.05, 4.69) is 5.10 Å². The van der Waals surface area contributed by atoms with E-state index < -0.39 is 0 Å². The monoisotopic (exact) mass is 246 g/mol. The van der Waals surface area contributed by atoms with Crippen LogP contribution in [-0.2, 0) is 4.79 Å². The van der Waals surface area contributed by atoms with Crippen LogP contribution < -0.4 is 9.47 Å². The summed E-state index contributed by atoms with van der Waals surface area (Å²) in [7, 11) is 1.61. The molecule has 1 aromatic heterocycles. The number of methoxy groups -OCH3 is 1. The maximum Gasteiger partial charge on any atom is 0.167 e. The summed E-state index contributed by atoms with van der Waals surface area (Å²) >= 11 is 0. The van der Waals surface area contributed by atoms with Gasteiger partial charge in [0.15, 0.2) is 11.5 Å². The van der Waals surface area contributed by atoms with Crippen LogP contribution in [0.3, 0.4) is 0 Å². The standard InChI is InChI=1S/C13H14N2O3/c1-10(16)9-18-13-7-14-15(8-13)11-4-3-5-12(6-11)17-2/h3-8H,9H2,1-2H3. The Morgan fingerprint density at radius 1 is 1.39 bits per heavy atom. The Labute approximate surface area is 105 Å². The highest BCUT2D eigenvalue weighted by Crippen LogP contribution is 2.18. The van der Waals surface area contributed by atoms with Crippen molar-refractivity contribution in [2.75, 3.05) is 13.7 Å². The fourth-order valence-corrected chi connectivity index (χ4v) is 1.46. The summed E-state index contributed by atoms with van der Waals surface area (Å²) in [5, 5.41) is 4.16. The van der Waals surface area contributed by atoms with Gasteiger partial charge in [-0.1, -0.05) is 6.07 Å². The van der Waals surface area contributed by atoms with Gasteiger partial charge in [0.2, 0.25) is 0 Å². The second-order valence-corrected chi connectivity index (χ2v) is 3.81. The van der Waals surface area contributed by atoms with E-state index in [0.717, 1.165) is 11.4 Å². The summed E-state index contributed by atoms with van der Waals surface area (Å²) in [5.41, 5.74) is 0.868. The van der Waals surface area contributed by atoms with Gasteiger partial charge in [-0.2, -0.15) is 5.10 Å². The second kappa shape index (κ2) is 5.35. The van der Waals surface area contributed by atoms with Crippen LogP contribution in [-0.4, -0.2) is 29.3 Å². The van der Waals surface area contributed by atoms with E-state index in [-0.39, 0.29) is 12.4 Å². The number of carbonyl (C=O) groups excluding carboxylic acids is 1. The summed E-state index contributed by atoms with van der Waals surface area (Å²) in [6.07, 6.45) is 3.29. The minimum atomic E-state index is -0.0240. The molecule has 0 amide bonds. The lowest BCUT2D eigenvalue weighted by molar-refractivity contribution is -0.118. The number of ketones is 1. The molecular formula is C13H14N2O3. The van der Waals surface area contributed by atoms with Gasteiger partial charge in [-0.25, -0.2) is 4.68 Å². The molecule has 0 aliphatic rings. The van der Waals surface area contributed by atoms with Crippen molar-refractivity contribution in [2.45, 2.75) is 6.92 Å². The van der Waals surface area contributed by atoms with Crippen LogP contribution in [0, 0.1) is 0 Å². The Balaban J connectivity index is 2.15. The van der Waals surface area contributed by atoms with Crippen molar-refractivity contribution in [1.29, 1.82) is 0 Å². The zero-order valence-electron chi connectivity index (χ0n) is 10.3. The highest BCUT2D eigenvalue weighted by Gasteiger charge is 2.03. The molecule has 0 unspecified atom stereocenters. The van der Waals surface area contributed by atoms with Crippen molar-refractivity contribution in [3.05, 3.63) is 36.7 Å². The van der Waals surface area contributed by atoms with E-state index in [4.69, 9.17) is 9.47 Å². The van der Waals surface area contributed by atoms with Crippen molar-refractivity contribution < 1.29 is 14.3 Å². The summed E-state index contributed by atoms with van der Waals surface area (Å²) < 4.78 is 12.1. The predicted molar refractivity (Wildman–Crippen MR) is 66.3 cm³/mol. The van der Waals surface area contributed by atoms with Crippen molar-refractivity contribution in [3.63, 3.8) is 0 Å². The molecule has 0 spiro atoms. The number of benzene rings is 1. The molecule has 0 radical (unpaired) electrons. The largest absolute Gasteiger partial charge is 0.497 e. The number of carbonyl (C=O) groups is 1. The number of aromatic nitrogens is 2. The SMILES string of the molecule is COc1cccc(-n2cc(OCC(C)=O)cn2)c1. The van der Waals surface area contributed by atoms with Crippen LogP contribution in [0.1, 0.15) is 6.92 Å². The minimum Gasteiger partial charge on any atom is -0.497 e. The average molecular weight is 246 g/mol. The molecule has 0 aliphatic heterocycles. The zero-order chi connectivity index (χ0) is 13.0. The van der Waals surface area contributed by atoms with Gasteiger partial charge in [-0.15, -0.1) is 0 Å². The predicted octanol–water partition coefficient (Wildman–Crippen LogP) is 1.85. The van der Waals surface area contributed by atoms with Crippen molar-refractivity contribution in [3.8, 4) is 17.2 Å². The number of rotatable bonds is 5. The molecule has 5 nitrogen and oxygen atoms in total. The Hall–Kier alpha value is -2.30.